The molecular weight excluding hydrogens is 238 g/mol. The topological polar surface area (TPSA) is 41.3 Å². The Labute approximate surface area is 116 Å². The van der Waals surface area contributed by atoms with Crippen LogP contribution in [0.25, 0.3) is 0 Å². The van der Waals surface area contributed by atoms with Gasteiger partial charge in [-0.25, -0.2) is 0 Å². The van der Waals surface area contributed by atoms with Crippen LogP contribution in [0, 0.1) is 5.92 Å². The highest BCUT2D eigenvalue weighted by atomic mass is 16.5. The van der Waals surface area contributed by atoms with Gasteiger partial charge in [-0.15, -0.1) is 0 Å². The first-order valence-electron chi connectivity index (χ1n) is 7.03. The van der Waals surface area contributed by atoms with E-state index in [2.05, 4.69) is 42.7 Å². The smallest absolute Gasteiger partial charge is 0.151 e. The van der Waals surface area contributed by atoms with Crippen LogP contribution >= 0.6 is 0 Å². The standard InChI is InChI=1S/C15H27N3O/c1-6-18(10-13(4)5)11-15-7-14(17-19-15)9-16-8-12(2)3/h7,12,16H,4,6,8-11H2,1-3,5H3. The summed E-state index contributed by atoms with van der Waals surface area (Å²) in [6.45, 7) is 17.0. The van der Waals surface area contributed by atoms with E-state index in [1.807, 2.05) is 13.0 Å². The first kappa shape index (κ1) is 15.9. The summed E-state index contributed by atoms with van der Waals surface area (Å²) in [5.41, 5.74) is 2.14. The number of hydrogen-bond donors (Lipinski definition) is 1. The quantitative estimate of drug-likeness (QED) is 0.697. The summed E-state index contributed by atoms with van der Waals surface area (Å²) in [6, 6.07) is 2.04. The predicted octanol–water partition coefficient (Wildman–Crippen LogP) is 2.82. The van der Waals surface area contributed by atoms with Crippen LogP contribution in [0.5, 0.6) is 0 Å². The lowest BCUT2D eigenvalue weighted by Gasteiger charge is -2.18. The van der Waals surface area contributed by atoms with Crippen molar-refractivity contribution in [3.05, 3.63) is 29.7 Å². The summed E-state index contributed by atoms with van der Waals surface area (Å²) in [6.07, 6.45) is 0. The van der Waals surface area contributed by atoms with Gasteiger partial charge in [-0.2, -0.15) is 0 Å². The van der Waals surface area contributed by atoms with Gasteiger partial charge in [0.15, 0.2) is 5.76 Å². The number of hydrogen-bond acceptors (Lipinski definition) is 4. The minimum absolute atomic E-state index is 0.650. The molecule has 19 heavy (non-hydrogen) atoms. The fraction of sp³-hybridized carbons (Fsp3) is 0.667. The second-order valence-electron chi connectivity index (χ2n) is 5.57. The molecule has 0 aliphatic heterocycles. The first-order chi connectivity index (χ1) is 9.01. The van der Waals surface area contributed by atoms with Crippen molar-refractivity contribution >= 4 is 0 Å². The van der Waals surface area contributed by atoms with Crippen molar-refractivity contribution in [2.45, 2.75) is 40.8 Å². The lowest BCUT2D eigenvalue weighted by Crippen LogP contribution is -2.24. The molecule has 0 unspecified atom stereocenters. The van der Waals surface area contributed by atoms with Gasteiger partial charge in [0.1, 0.15) is 0 Å². The van der Waals surface area contributed by atoms with Crippen LogP contribution in [0.3, 0.4) is 0 Å². The maximum Gasteiger partial charge on any atom is 0.151 e. The summed E-state index contributed by atoms with van der Waals surface area (Å²) in [7, 11) is 0. The third-order valence-electron chi connectivity index (χ3n) is 2.79. The van der Waals surface area contributed by atoms with Crippen LogP contribution in [0.2, 0.25) is 0 Å². The number of rotatable bonds is 9. The molecule has 0 radical (unpaired) electrons. The van der Waals surface area contributed by atoms with E-state index < -0.39 is 0 Å². The molecule has 1 aromatic rings. The van der Waals surface area contributed by atoms with Gasteiger partial charge in [-0.3, -0.25) is 4.90 Å². The largest absolute Gasteiger partial charge is 0.360 e. The van der Waals surface area contributed by atoms with Crippen molar-refractivity contribution in [2.24, 2.45) is 5.92 Å². The van der Waals surface area contributed by atoms with Gasteiger partial charge in [0.25, 0.3) is 0 Å². The molecule has 1 N–H and O–H groups in total. The molecule has 0 amide bonds. The molecule has 0 aliphatic rings. The minimum atomic E-state index is 0.650. The Kier molecular flexibility index (Phi) is 6.81. The maximum absolute atomic E-state index is 5.37. The zero-order valence-electron chi connectivity index (χ0n) is 12.7. The lowest BCUT2D eigenvalue weighted by atomic mass is 10.2. The van der Waals surface area contributed by atoms with Gasteiger partial charge < -0.3 is 9.84 Å². The highest BCUT2D eigenvalue weighted by Crippen LogP contribution is 2.08. The molecule has 108 valence electrons. The van der Waals surface area contributed by atoms with Crippen molar-refractivity contribution in [1.29, 1.82) is 0 Å². The van der Waals surface area contributed by atoms with Gasteiger partial charge in [-0.05, 0) is 25.9 Å². The summed E-state index contributed by atoms with van der Waals surface area (Å²) in [5, 5.41) is 7.46. The van der Waals surface area contributed by atoms with Gasteiger partial charge in [0, 0.05) is 19.2 Å². The fourth-order valence-corrected chi connectivity index (χ4v) is 1.88. The van der Waals surface area contributed by atoms with Crippen LogP contribution < -0.4 is 5.32 Å². The van der Waals surface area contributed by atoms with Crippen molar-refractivity contribution in [2.75, 3.05) is 19.6 Å². The molecule has 1 aromatic heterocycles. The fourth-order valence-electron chi connectivity index (χ4n) is 1.88. The number of likely N-dealkylation sites (N-methyl/N-ethyl adjacent to an activating group) is 1. The van der Waals surface area contributed by atoms with E-state index in [9.17, 15) is 0 Å². The molecule has 0 saturated carbocycles. The zero-order valence-corrected chi connectivity index (χ0v) is 12.7. The SMILES string of the molecule is C=C(C)CN(CC)Cc1cc(CNCC(C)C)no1. The zero-order chi connectivity index (χ0) is 14.3. The first-order valence-corrected chi connectivity index (χ1v) is 7.03. The highest BCUT2D eigenvalue weighted by Gasteiger charge is 2.09. The van der Waals surface area contributed by atoms with Crippen molar-refractivity contribution in [3.63, 3.8) is 0 Å². The summed E-state index contributed by atoms with van der Waals surface area (Å²) >= 11 is 0. The second-order valence-corrected chi connectivity index (χ2v) is 5.57. The van der Waals surface area contributed by atoms with Crippen LogP contribution in [-0.4, -0.2) is 29.7 Å². The van der Waals surface area contributed by atoms with E-state index in [-0.39, 0.29) is 0 Å². The van der Waals surface area contributed by atoms with Crippen LogP contribution in [0.1, 0.15) is 39.1 Å². The average molecular weight is 265 g/mol. The van der Waals surface area contributed by atoms with Crippen molar-refractivity contribution < 1.29 is 4.52 Å². The van der Waals surface area contributed by atoms with Gasteiger partial charge in [0.2, 0.25) is 0 Å². The molecule has 0 aromatic carbocycles. The minimum Gasteiger partial charge on any atom is -0.360 e. The Balaban J connectivity index is 2.42. The van der Waals surface area contributed by atoms with E-state index in [1.165, 1.54) is 5.57 Å². The molecule has 0 atom stereocenters. The molecule has 0 spiro atoms. The molecule has 0 fully saturated rings. The molecule has 4 nitrogen and oxygen atoms in total. The monoisotopic (exact) mass is 265 g/mol. The van der Waals surface area contributed by atoms with E-state index in [0.29, 0.717) is 5.92 Å². The molecule has 0 saturated heterocycles. The Morgan fingerprint density at radius 2 is 2.26 bits per heavy atom. The predicted molar refractivity (Wildman–Crippen MR) is 78.8 cm³/mol. The number of aromatic nitrogens is 1. The van der Waals surface area contributed by atoms with Gasteiger partial charge in [-0.1, -0.05) is 38.1 Å². The average Bonchev–Trinajstić information content (AvgIpc) is 2.75. The third kappa shape index (κ3) is 6.55. The highest BCUT2D eigenvalue weighted by molar-refractivity contribution is 5.05. The Bertz CT molecular complexity index is 384. The second kappa shape index (κ2) is 8.12. The Hall–Kier alpha value is -1.13. The molecule has 0 aliphatic carbocycles. The molecule has 0 bridgehead atoms. The van der Waals surface area contributed by atoms with Crippen molar-refractivity contribution in [3.8, 4) is 0 Å². The summed E-state index contributed by atoms with van der Waals surface area (Å²) in [5.74, 6) is 1.57. The van der Waals surface area contributed by atoms with Crippen LogP contribution in [-0.2, 0) is 13.1 Å². The third-order valence-corrected chi connectivity index (χ3v) is 2.79. The van der Waals surface area contributed by atoms with Crippen LogP contribution in [0.4, 0.5) is 0 Å². The number of nitrogens with zero attached hydrogens (tertiary/aromatic N) is 2. The lowest BCUT2D eigenvalue weighted by molar-refractivity contribution is 0.256. The van der Waals surface area contributed by atoms with E-state index in [4.69, 9.17) is 4.52 Å². The Morgan fingerprint density at radius 1 is 1.53 bits per heavy atom. The van der Waals surface area contributed by atoms with Gasteiger partial charge in [0.05, 0.1) is 12.2 Å². The maximum atomic E-state index is 5.37. The van der Waals surface area contributed by atoms with Gasteiger partial charge >= 0.3 is 0 Å². The van der Waals surface area contributed by atoms with Crippen molar-refractivity contribution in [1.82, 2.24) is 15.4 Å². The van der Waals surface area contributed by atoms with E-state index in [0.717, 1.165) is 44.2 Å². The van der Waals surface area contributed by atoms with Crippen LogP contribution in [0.15, 0.2) is 22.7 Å². The van der Waals surface area contributed by atoms with E-state index >= 15 is 0 Å². The number of nitrogens with one attached hydrogen (secondary N) is 1. The van der Waals surface area contributed by atoms with E-state index in [1.54, 1.807) is 0 Å². The molecule has 4 heteroatoms. The normalized spacial score (nSPS) is 11.5. The molecular formula is C15H27N3O. The summed E-state index contributed by atoms with van der Waals surface area (Å²) in [4.78, 5) is 2.29. The molecule has 1 rings (SSSR count). The summed E-state index contributed by atoms with van der Waals surface area (Å²) < 4.78 is 5.37. The Morgan fingerprint density at radius 3 is 2.84 bits per heavy atom. The molecule has 1 heterocycles.